The van der Waals surface area contributed by atoms with Crippen LogP contribution in [0.2, 0.25) is 0 Å². The Kier molecular flexibility index (Phi) is 5.78. The number of carbonyl (C=O) groups excluding carboxylic acids is 2. The molecule has 1 amide bonds. The Bertz CT molecular complexity index is 770. The molecule has 0 heterocycles. The molecule has 0 saturated heterocycles. The highest BCUT2D eigenvalue weighted by atomic mass is 19.2. The third kappa shape index (κ3) is 4.74. The average Bonchev–Trinajstić information content (AvgIpc) is 2.57. The maximum absolute atomic E-state index is 13.1. The minimum atomic E-state index is -1.12. The van der Waals surface area contributed by atoms with Crippen molar-refractivity contribution < 1.29 is 23.1 Å². The van der Waals surface area contributed by atoms with Gasteiger partial charge in [-0.1, -0.05) is 0 Å². The van der Waals surface area contributed by atoms with Crippen LogP contribution in [0.25, 0.3) is 0 Å². The van der Waals surface area contributed by atoms with Crippen LogP contribution in [0.5, 0.6) is 5.75 Å². The smallest absolute Gasteiger partial charge is 0.248 e. The van der Waals surface area contributed by atoms with E-state index >= 15 is 0 Å². The number of benzene rings is 2. The average molecular weight is 331 g/mol. The van der Waals surface area contributed by atoms with E-state index in [9.17, 15) is 18.4 Å². The molecule has 0 fully saturated rings. The van der Waals surface area contributed by atoms with Crippen LogP contribution in [0, 0.1) is 11.6 Å². The Morgan fingerprint density at radius 2 is 1.75 bits per heavy atom. The first kappa shape index (κ1) is 17.3. The fraction of sp³-hybridized carbons (Fsp3) is 0.111. The number of nitrogens with one attached hydrogen (secondary N) is 1. The van der Waals surface area contributed by atoms with E-state index in [1.54, 1.807) is 24.3 Å². The zero-order chi connectivity index (χ0) is 17.5. The fourth-order valence-corrected chi connectivity index (χ4v) is 1.88. The van der Waals surface area contributed by atoms with Crippen LogP contribution in [0.4, 0.5) is 14.5 Å². The maximum atomic E-state index is 13.1. The summed E-state index contributed by atoms with van der Waals surface area (Å²) in [6.07, 6.45) is 2.02. The summed E-state index contributed by atoms with van der Waals surface area (Å²) in [5.74, 6) is -2.60. The summed E-state index contributed by atoms with van der Waals surface area (Å²) >= 11 is 0. The molecule has 0 saturated carbocycles. The molecule has 0 aliphatic rings. The van der Waals surface area contributed by atoms with Crippen molar-refractivity contribution in [2.24, 2.45) is 0 Å². The number of ketones is 1. The number of rotatable bonds is 6. The Morgan fingerprint density at radius 1 is 1.04 bits per heavy atom. The molecule has 0 spiro atoms. The van der Waals surface area contributed by atoms with Gasteiger partial charge in [-0.3, -0.25) is 9.59 Å². The molecule has 0 radical (unpaired) electrons. The molecule has 0 aliphatic carbocycles. The van der Waals surface area contributed by atoms with Gasteiger partial charge in [-0.25, -0.2) is 8.78 Å². The molecule has 124 valence electrons. The molecule has 0 unspecified atom stereocenters. The SMILES string of the molecule is CCOc1ccc(NC(=O)/C=C/C(=O)c2ccc(F)c(F)c2)cc1. The van der Waals surface area contributed by atoms with Crippen LogP contribution in [0.15, 0.2) is 54.6 Å². The molecule has 2 aromatic carbocycles. The van der Waals surface area contributed by atoms with Crippen LogP contribution in [0.3, 0.4) is 0 Å². The van der Waals surface area contributed by atoms with Gasteiger partial charge >= 0.3 is 0 Å². The van der Waals surface area contributed by atoms with Crippen LogP contribution in [0.1, 0.15) is 17.3 Å². The molecule has 0 aliphatic heterocycles. The summed E-state index contributed by atoms with van der Waals surface area (Å²) in [6, 6.07) is 9.52. The molecule has 2 aromatic rings. The molecule has 24 heavy (non-hydrogen) atoms. The number of anilines is 1. The van der Waals surface area contributed by atoms with Gasteiger partial charge in [0.15, 0.2) is 17.4 Å². The summed E-state index contributed by atoms with van der Waals surface area (Å²) in [6.45, 7) is 2.41. The number of ether oxygens (including phenoxy) is 1. The van der Waals surface area contributed by atoms with Gasteiger partial charge < -0.3 is 10.1 Å². The lowest BCUT2D eigenvalue weighted by molar-refractivity contribution is -0.111. The van der Waals surface area contributed by atoms with E-state index in [1.807, 2.05) is 6.92 Å². The number of carbonyl (C=O) groups is 2. The lowest BCUT2D eigenvalue weighted by atomic mass is 10.1. The molecule has 4 nitrogen and oxygen atoms in total. The molecule has 0 bridgehead atoms. The Balaban J connectivity index is 1.96. The van der Waals surface area contributed by atoms with E-state index in [-0.39, 0.29) is 5.56 Å². The van der Waals surface area contributed by atoms with E-state index in [2.05, 4.69) is 5.32 Å². The lowest BCUT2D eigenvalue weighted by Crippen LogP contribution is -2.09. The fourth-order valence-electron chi connectivity index (χ4n) is 1.88. The van der Waals surface area contributed by atoms with Gasteiger partial charge in [0.05, 0.1) is 6.61 Å². The number of halogens is 2. The topological polar surface area (TPSA) is 55.4 Å². The van der Waals surface area contributed by atoms with Crippen LogP contribution in [-0.4, -0.2) is 18.3 Å². The number of amides is 1. The quantitative estimate of drug-likeness (QED) is 0.648. The monoisotopic (exact) mass is 331 g/mol. The molecule has 6 heteroatoms. The third-order valence-corrected chi connectivity index (χ3v) is 3.02. The third-order valence-electron chi connectivity index (χ3n) is 3.02. The Labute approximate surface area is 137 Å². The molecule has 0 aromatic heterocycles. The first-order valence-electron chi connectivity index (χ1n) is 7.21. The van der Waals surface area contributed by atoms with E-state index < -0.39 is 23.3 Å². The van der Waals surface area contributed by atoms with Gasteiger partial charge in [0.25, 0.3) is 0 Å². The van der Waals surface area contributed by atoms with E-state index in [0.717, 1.165) is 30.4 Å². The minimum Gasteiger partial charge on any atom is -0.494 e. The summed E-state index contributed by atoms with van der Waals surface area (Å²) < 4.78 is 31.2. The van der Waals surface area contributed by atoms with Crippen LogP contribution >= 0.6 is 0 Å². The van der Waals surface area contributed by atoms with Crippen molar-refractivity contribution in [2.45, 2.75) is 6.92 Å². The Morgan fingerprint density at radius 3 is 2.38 bits per heavy atom. The van der Waals surface area contributed by atoms with Gasteiger partial charge in [0, 0.05) is 17.3 Å². The first-order chi connectivity index (χ1) is 11.5. The van der Waals surface area contributed by atoms with Gasteiger partial charge in [-0.2, -0.15) is 0 Å². The molecule has 1 N–H and O–H groups in total. The molecule has 2 rings (SSSR count). The van der Waals surface area contributed by atoms with Gasteiger partial charge in [-0.05, 0) is 55.5 Å². The summed E-state index contributed by atoms with van der Waals surface area (Å²) in [4.78, 5) is 23.6. The molecular weight excluding hydrogens is 316 g/mol. The lowest BCUT2D eigenvalue weighted by Gasteiger charge is -2.05. The number of hydrogen-bond acceptors (Lipinski definition) is 3. The van der Waals surface area contributed by atoms with Gasteiger partial charge in [0.2, 0.25) is 5.91 Å². The van der Waals surface area contributed by atoms with E-state index in [4.69, 9.17) is 4.74 Å². The molecular formula is C18H15F2NO3. The van der Waals surface area contributed by atoms with Crippen molar-refractivity contribution in [3.8, 4) is 5.75 Å². The van der Waals surface area contributed by atoms with Crippen molar-refractivity contribution in [3.05, 3.63) is 71.8 Å². The van der Waals surface area contributed by atoms with Crippen molar-refractivity contribution in [1.82, 2.24) is 0 Å². The highest BCUT2D eigenvalue weighted by Gasteiger charge is 2.08. The largest absolute Gasteiger partial charge is 0.494 e. The molecule has 0 atom stereocenters. The second-order valence-electron chi connectivity index (χ2n) is 4.77. The first-order valence-corrected chi connectivity index (χ1v) is 7.21. The number of allylic oxidation sites excluding steroid dienone is 1. The zero-order valence-corrected chi connectivity index (χ0v) is 12.9. The van der Waals surface area contributed by atoms with E-state index in [1.165, 1.54) is 0 Å². The van der Waals surface area contributed by atoms with Crippen molar-refractivity contribution >= 4 is 17.4 Å². The second-order valence-corrected chi connectivity index (χ2v) is 4.77. The highest BCUT2D eigenvalue weighted by molar-refractivity contribution is 6.09. The second kappa shape index (κ2) is 8.01. The van der Waals surface area contributed by atoms with Crippen LogP contribution < -0.4 is 10.1 Å². The predicted molar refractivity (Wildman–Crippen MR) is 86.1 cm³/mol. The summed E-state index contributed by atoms with van der Waals surface area (Å²) in [7, 11) is 0. The highest BCUT2D eigenvalue weighted by Crippen LogP contribution is 2.15. The zero-order valence-electron chi connectivity index (χ0n) is 12.9. The predicted octanol–water partition coefficient (Wildman–Crippen LogP) is 3.74. The summed E-state index contributed by atoms with van der Waals surface area (Å²) in [5, 5.41) is 2.57. The van der Waals surface area contributed by atoms with E-state index in [0.29, 0.717) is 18.0 Å². The normalized spacial score (nSPS) is 10.6. The minimum absolute atomic E-state index is 0.0426. The summed E-state index contributed by atoms with van der Waals surface area (Å²) in [5.41, 5.74) is 0.493. The van der Waals surface area contributed by atoms with Crippen LogP contribution in [-0.2, 0) is 4.79 Å². The van der Waals surface area contributed by atoms with Crippen molar-refractivity contribution in [3.63, 3.8) is 0 Å². The number of hydrogen-bond donors (Lipinski definition) is 1. The van der Waals surface area contributed by atoms with Crippen molar-refractivity contribution in [2.75, 3.05) is 11.9 Å². The van der Waals surface area contributed by atoms with Gasteiger partial charge in [-0.15, -0.1) is 0 Å². The maximum Gasteiger partial charge on any atom is 0.248 e. The standard InChI is InChI=1S/C18H15F2NO3/c1-2-24-14-6-4-13(5-7-14)21-18(23)10-9-17(22)12-3-8-15(19)16(20)11-12/h3-11H,2H2,1H3,(H,21,23)/b10-9+. The van der Waals surface area contributed by atoms with Crippen molar-refractivity contribution in [1.29, 1.82) is 0 Å². The Hall–Kier alpha value is -3.02. The van der Waals surface area contributed by atoms with Gasteiger partial charge in [0.1, 0.15) is 5.75 Å².